The quantitative estimate of drug-likeness (QED) is 0.206. The van der Waals surface area contributed by atoms with Gasteiger partial charge >= 0.3 is 5.69 Å². The molecule has 4 heterocycles. The number of nitrogens with zero attached hydrogens (tertiary/aromatic N) is 5. The monoisotopic (exact) mass is 619 g/mol. The summed E-state index contributed by atoms with van der Waals surface area (Å²) >= 11 is 0. The van der Waals surface area contributed by atoms with Gasteiger partial charge in [-0.25, -0.2) is 19.2 Å². The molecule has 240 valence electrons. The Hall–Kier alpha value is -3.83. The van der Waals surface area contributed by atoms with Crippen LogP contribution in [0.1, 0.15) is 70.6 Å². The fourth-order valence-electron chi connectivity index (χ4n) is 6.23. The number of hydrogen-bond donors (Lipinski definition) is 0. The number of aromatic nitrogens is 5. The molecule has 4 aromatic rings. The van der Waals surface area contributed by atoms with Gasteiger partial charge < -0.3 is 18.8 Å². The molecule has 3 aromatic heterocycles. The summed E-state index contributed by atoms with van der Waals surface area (Å²) in [5.74, 6) is 0.704. The Kier molecular flexibility index (Phi) is 8.92. The van der Waals surface area contributed by atoms with Gasteiger partial charge in [0.25, 0.3) is 5.56 Å². The Morgan fingerprint density at radius 3 is 2.47 bits per heavy atom. The van der Waals surface area contributed by atoms with Crippen molar-refractivity contribution in [1.82, 2.24) is 23.7 Å². The molecule has 1 saturated heterocycles. The minimum atomic E-state index is -0.424. The van der Waals surface area contributed by atoms with Crippen LogP contribution in [0.2, 0.25) is 0 Å². The molecule has 6 rings (SSSR count). The number of rotatable bonds is 11. The van der Waals surface area contributed by atoms with Crippen LogP contribution < -0.4 is 16.0 Å². The molecule has 2 fully saturated rings. The number of benzene rings is 1. The summed E-state index contributed by atoms with van der Waals surface area (Å²) in [5.41, 5.74) is 2.08. The van der Waals surface area contributed by atoms with E-state index in [9.17, 15) is 14.0 Å². The minimum Gasteiger partial charge on any atom is -0.474 e. The van der Waals surface area contributed by atoms with Crippen LogP contribution >= 0.6 is 0 Å². The van der Waals surface area contributed by atoms with E-state index in [2.05, 4.69) is 13.8 Å². The largest absolute Gasteiger partial charge is 0.474 e. The summed E-state index contributed by atoms with van der Waals surface area (Å²) in [6, 6.07) is 9.90. The van der Waals surface area contributed by atoms with Gasteiger partial charge in [-0.2, -0.15) is 0 Å². The van der Waals surface area contributed by atoms with Crippen molar-refractivity contribution in [2.24, 2.45) is 5.41 Å². The second kappa shape index (κ2) is 12.9. The van der Waals surface area contributed by atoms with Gasteiger partial charge in [0.05, 0.1) is 12.3 Å². The molecule has 2 atom stereocenters. The van der Waals surface area contributed by atoms with Crippen molar-refractivity contribution >= 4 is 11.2 Å². The molecule has 0 spiro atoms. The Bertz CT molecular complexity index is 1790. The summed E-state index contributed by atoms with van der Waals surface area (Å²) in [6.07, 6.45) is 5.39. The number of imidazole rings is 1. The number of aryl methyl sites for hydroxylation is 2. The third kappa shape index (κ3) is 6.33. The Morgan fingerprint density at radius 2 is 1.82 bits per heavy atom. The van der Waals surface area contributed by atoms with Crippen molar-refractivity contribution in [3.63, 3.8) is 0 Å². The molecular formula is C34H42FN5O5. The van der Waals surface area contributed by atoms with Gasteiger partial charge in [0.15, 0.2) is 17.5 Å². The summed E-state index contributed by atoms with van der Waals surface area (Å²) in [7, 11) is 0. The average molecular weight is 620 g/mol. The van der Waals surface area contributed by atoms with E-state index in [1.165, 1.54) is 21.3 Å². The summed E-state index contributed by atoms with van der Waals surface area (Å²) in [6.45, 7) is 9.97. The highest BCUT2D eigenvalue weighted by molar-refractivity contribution is 5.78. The first-order valence-corrected chi connectivity index (χ1v) is 16.0. The summed E-state index contributed by atoms with van der Waals surface area (Å²) < 4.78 is 36.1. The van der Waals surface area contributed by atoms with Crippen molar-refractivity contribution in [3.8, 4) is 17.3 Å². The third-order valence-electron chi connectivity index (χ3n) is 9.14. The number of halogens is 1. The van der Waals surface area contributed by atoms with Gasteiger partial charge in [0.2, 0.25) is 5.88 Å². The molecule has 10 nitrogen and oxygen atoms in total. The molecule has 2 aliphatic rings. The van der Waals surface area contributed by atoms with Crippen LogP contribution in [0.5, 0.6) is 5.88 Å². The van der Waals surface area contributed by atoms with Crippen LogP contribution in [0.4, 0.5) is 4.39 Å². The van der Waals surface area contributed by atoms with Crippen molar-refractivity contribution < 1.29 is 18.6 Å². The highest BCUT2D eigenvalue weighted by atomic mass is 19.1. The van der Waals surface area contributed by atoms with Crippen LogP contribution in [0.25, 0.3) is 22.6 Å². The average Bonchev–Trinajstić information content (AvgIpc) is 3.39. The predicted octanol–water partition coefficient (Wildman–Crippen LogP) is 5.44. The molecule has 0 radical (unpaired) electrons. The Morgan fingerprint density at radius 1 is 1.02 bits per heavy atom. The van der Waals surface area contributed by atoms with E-state index in [1.54, 1.807) is 12.1 Å². The zero-order valence-electron chi connectivity index (χ0n) is 26.6. The second-order valence-electron chi connectivity index (χ2n) is 12.7. The second-order valence-corrected chi connectivity index (χ2v) is 12.7. The van der Waals surface area contributed by atoms with E-state index in [1.807, 2.05) is 30.5 Å². The summed E-state index contributed by atoms with van der Waals surface area (Å²) in [4.78, 5) is 37.4. The van der Waals surface area contributed by atoms with Gasteiger partial charge in [-0.05, 0) is 76.1 Å². The Balaban J connectivity index is 1.40. The molecule has 0 amide bonds. The van der Waals surface area contributed by atoms with E-state index in [-0.39, 0.29) is 36.7 Å². The van der Waals surface area contributed by atoms with Crippen molar-refractivity contribution in [3.05, 3.63) is 74.3 Å². The van der Waals surface area contributed by atoms with E-state index >= 15 is 0 Å². The third-order valence-corrected chi connectivity index (χ3v) is 9.14. The van der Waals surface area contributed by atoms with Crippen LogP contribution in [0, 0.1) is 18.2 Å². The first kappa shape index (κ1) is 31.2. The minimum absolute atomic E-state index is 0.108. The van der Waals surface area contributed by atoms with Gasteiger partial charge in [-0.3, -0.25) is 13.9 Å². The molecule has 0 N–H and O–H groups in total. The number of ether oxygens (including phenoxy) is 3. The van der Waals surface area contributed by atoms with Gasteiger partial charge in [0.1, 0.15) is 17.7 Å². The molecule has 1 saturated carbocycles. The highest BCUT2D eigenvalue weighted by Gasteiger charge is 2.40. The standard InChI is InChI=1S/C34H42FN5O5/c1-5-38-31-29(32(41)39(33(38)42)18-8-20-44-28-9-6-7-19-43-28)40(21-23-10-12-24(35)13-11-23)30(37-31)25-14-15-27(36-22(25)2)45-26-16-17-34(26,3)4/h10-15,26,28H,5-9,16-21H2,1-4H3. The number of fused-ring (bicyclic) bond motifs is 1. The fraction of sp³-hybridized carbons (Fsp3) is 0.529. The van der Waals surface area contributed by atoms with Crippen LogP contribution in [-0.2, 0) is 29.1 Å². The normalized spacial score (nSPS) is 19.5. The lowest BCUT2D eigenvalue weighted by molar-refractivity contribution is -0.163. The van der Waals surface area contributed by atoms with Gasteiger partial charge in [0, 0.05) is 43.3 Å². The number of pyridine rings is 1. The first-order valence-electron chi connectivity index (χ1n) is 16.0. The highest BCUT2D eigenvalue weighted by Crippen LogP contribution is 2.42. The molecule has 1 aliphatic carbocycles. The van der Waals surface area contributed by atoms with Crippen LogP contribution in [0.3, 0.4) is 0 Å². The smallest absolute Gasteiger partial charge is 0.332 e. The van der Waals surface area contributed by atoms with E-state index in [0.29, 0.717) is 54.7 Å². The maximum atomic E-state index is 14.1. The lowest BCUT2D eigenvalue weighted by Crippen LogP contribution is -2.44. The van der Waals surface area contributed by atoms with Crippen LogP contribution in [-0.4, -0.2) is 49.3 Å². The maximum absolute atomic E-state index is 14.1. The topological polar surface area (TPSA) is 102 Å². The SMILES string of the molecule is CCn1c(=O)n(CCCOC2CCCCO2)c(=O)c2c1nc(-c1ccc(OC3CCC3(C)C)nc1C)n2Cc1ccc(F)cc1. The zero-order chi connectivity index (χ0) is 31.7. The number of hydrogen-bond acceptors (Lipinski definition) is 7. The van der Waals surface area contributed by atoms with Crippen LogP contribution in [0.15, 0.2) is 46.0 Å². The van der Waals surface area contributed by atoms with Gasteiger partial charge in [-0.15, -0.1) is 0 Å². The lowest BCUT2D eigenvalue weighted by atomic mass is 9.69. The van der Waals surface area contributed by atoms with E-state index < -0.39 is 11.2 Å². The van der Waals surface area contributed by atoms with Crippen molar-refractivity contribution in [2.45, 2.75) is 98.2 Å². The van der Waals surface area contributed by atoms with Crippen molar-refractivity contribution in [2.75, 3.05) is 13.2 Å². The lowest BCUT2D eigenvalue weighted by Gasteiger charge is -2.43. The zero-order valence-corrected chi connectivity index (χ0v) is 26.6. The molecule has 11 heteroatoms. The summed E-state index contributed by atoms with van der Waals surface area (Å²) in [5, 5.41) is 0. The molecule has 45 heavy (non-hydrogen) atoms. The first-order chi connectivity index (χ1) is 21.7. The molecule has 2 unspecified atom stereocenters. The Labute approximate surface area is 261 Å². The van der Waals surface area contributed by atoms with E-state index in [4.69, 9.17) is 24.2 Å². The molecule has 1 aliphatic heterocycles. The predicted molar refractivity (Wildman–Crippen MR) is 169 cm³/mol. The molecule has 0 bridgehead atoms. The van der Waals surface area contributed by atoms with Gasteiger partial charge in [-0.1, -0.05) is 26.0 Å². The molecule has 1 aromatic carbocycles. The maximum Gasteiger partial charge on any atom is 0.332 e. The fourth-order valence-corrected chi connectivity index (χ4v) is 6.23. The van der Waals surface area contributed by atoms with Crippen molar-refractivity contribution in [1.29, 1.82) is 0 Å². The molecular weight excluding hydrogens is 577 g/mol. The van der Waals surface area contributed by atoms with E-state index in [0.717, 1.165) is 43.2 Å².